The van der Waals surface area contributed by atoms with Gasteiger partial charge in [0.15, 0.2) is 0 Å². The Balaban J connectivity index is 2.20. The van der Waals surface area contributed by atoms with Crippen molar-refractivity contribution in [1.29, 1.82) is 0 Å². The third-order valence-electron chi connectivity index (χ3n) is 2.29. The van der Waals surface area contributed by atoms with Gasteiger partial charge in [0.05, 0.1) is 0 Å². The van der Waals surface area contributed by atoms with Crippen LogP contribution in [0.3, 0.4) is 0 Å². The van der Waals surface area contributed by atoms with Gasteiger partial charge in [0, 0.05) is 6.54 Å². The Morgan fingerprint density at radius 2 is 2.14 bits per heavy atom. The highest BCUT2D eigenvalue weighted by Gasteiger charge is 2.11. The SMILES string of the molecule is FC(F)Oc1ccc2c(c1)CNCC2. The molecule has 0 saturated heterocycles. The molecule has 0 aliphatic carbocycles. The largest absolute Gasteiger partial charge is 0.435 e. The first kappa shape index (κ1) is 9.40. The molecule has 0 radical (unpaired) electrons. The van der Waals surface area contributed by atoms with Crippen LogP contribution in [0.2, 0.25) is 0 Å². The smallest absolute Gasteiger partial charge is 0.387 e. The molecule has 4 heteroatoms. The standard InChI is InChI=1S/C10H11F2NO/c11-10(12)14-9-2-1-7-3-4-13-6-8(7)5-9/h1-2,5,10,13H,3-4,6H2. The van der Waals surface area contributed by atoms with Crippen LogP contribution in [0, 0.1) is 0 Å². The predicted octanol–water partition coefficient (Wildman–Crippen LogP) is 1.93. The van der Waals surface area contributed by atoms with Crippen LogP contribution in [0.4, 0.5) is 8.78 Å². The maximum atomic E-state index is 11.9. The van der Waals surface area contributed by atoms with Crippen molar-refractivity contribution in [2.24, 2.45) is 0 Å². The van der Waals surface area contributed by atoms with E-state index in [4.69, 9.17) is 0 Å². The van der Waals surface area contributed by atoms with E-state index in [1.165, 1.54) is 5.56 Å². The zero-order valence-electron chi connectivity index (χ0n) is 7.59. The Hall–Kier alpha value is -1.16. The molecule has 0 atom stereocenters. The Morgan fingerprint density at radius 3 is 2.93 bits per heavy atom. The van der Waals surface area contributed by atoms with Crippen LogP contribution in [0.5, 0.6) is 5.75 Å². The monoisotopic (exact) mass is 199 g/mol. The van der Waals surface area contributed by atoms with E-state index in [0.29, 0.717) is 0 Å². The summed E-state index contributed by atoms with van der Waals surface area (Å²) < 4.78 is 28.1. The third kappa shape index (κ3) is 2.01. The van der Waals surface area contributed by atoms with Crippen LogP contribution >= 0.6 is 0 Å². The maximum absolute atomic E-state index is 11.9. The van der Waals surface area contributed by atoms with Crippen molar-refractivity contribution in [2.45, 2.75) is 19.6 Å². The number of hydrogen-bond donors (Lipinski definition) is 1. The molecule has 0 spiro atoms. The molecule has 0 amide bonds. The summed E-state index contributed by atoms with van der Waals surface area (Å²) in [5.41, 5.74) is 2.26. The van der Waals surface area contributed by atoms with Gasteiger partial charge in [0.1, 0.15) is 5.75 Å². The molecule has 14 heavy (non-hydrogen) atoms. The normalized spacial score (nSPS) is 15.4. The molecule has 2 rings (SSSR count). The molecule has 0 saturated carbocycles. The Labute approximate surface area is 80.9 Å². The first-order valence-corrected chi connectivity index (χ1v) is 4.53. The van der Waals surface area contributed by atoms with E-state index in [2.05, 4.69) is 10.1 Å². The lowest BCUT2D eigenvalue weighted by atomic mass is 10.0. The number of alkyl halides is 2. The van der Waals surface area contributed by atoms with Crippen LogP contribution in [-0.2, 0) is 13.0 Å². The quantitative estimate of drug-likeness (QED) is 0.785. The van der Waals surface area contributed by atoms with Gasteiger partial charge in [-0.15, -0.1) is 0 Å². The lowest BCUT2D eigenvalue weighted by Gasteiger charge is -2.17. The lowest BCUT2D eigenvalue weighted by molar-refractivity contribution is -0.0499. The predicted molar refractivity (Wildman–Crippen MR) is 48.5 cm³/mol. The summed E-state index contributed by atoms with van der Waals surface area (Å²) in [5, 5.41) is 3.18. The number of rotatable bonds is 2. The van der Waals surface area contributed by atoms with Crippen LogP contribution in [0.15, 0.2) is 18.2 Å². The highest BCUT2D eigenvalue weighted by molar-refractivity contribution is 5.37. The highest BCUT2D eigenvalue weighted by atomic mass is 19.3. The molecule has 1 aliphatic heterocycles. The fourth-order valence-electron chi connectivity index (χ4n) is 1.63. The van der Waals surface area contributed by atoms with E-state index >= 15 is 0 Å². The zero-order valence-corrected chi connectivity index (χ0v) is 7.59. The fraction of sp³-hybridized carbons (Fsp3) is 0.400. The molecular weight excluding hydrogens is 188 g/mol. The zero-order chi connectivity index (χ0) is 9.97. The molecular formula is C10H11F2NO. The van der Waals surface area contributed by atoms with Gasteiger partial charge in [-0.05, 0) is 36.2 Å². The molecule has 2 nitrogen and oxygen atoms in total. The van der Waals surface area contributed by atoms with Gasteiger partial charge in [-0.25, -0.2) is 0 Å². The molecule has 1 heterocycles. The van der Waals surface area contributed by atoms with Crippen molar-refractivity contribution < 1.29 is 13.5 Å². The van der Waals surface area contributed by atoms with Gasteiger partial charge < -0.3 is 10.1 Å². The summed E-state index contributed by atoms with van der Waals surface area (Å²) in [4.78, 5) is 0. The molecule has 0 unspecified atom stereocenters. The van der Waals surface area contributed by atoms with Crippen molar-refractivity contribution in [3.63, 3.8) is 0 Å². The number of halogens is 2. The van der Waals surface area contributed by atoms with Gasteiger partial charge in [0.25, 0.3) is 0 Å². The van der Waals surface area contributed by atoms with Crippen LogP contribution < -0.4 is 10.1 Å². The Morgan fingerprint density at radius 1 is 1.29 bits per heavy atom. The average Bonchev–Trinajstić information content (AvgIpc) is 2.17. The molecule has 1 N–H and O–H groups in total. The van der Waals surface area contributed by atoms with Gasteiger partial charge in [0.2, 0.25) is 0 Å². The summed E-state index contributed by atoms with van der Waals surface area (Å²) >= 11 is 0. The third-order valence-corrected chi connectivity index (χ3v) is 2.29. The van der Waals surface area contributed by atoms with E-state index in [9.17, 15) is 8.78 Å². The molecule has 0 aromatic heterocycles. The van der Waals surface area contributed by atoms with E-state index in [-0.39, 0.29) is 5.75 Å². The van der Waals surface area contributed by atoms with Crippen molar-refractivity contribution >= 4 is 0 Å². The van der Waals surface area contributed by atoms with E-state index < -0.39 is 6.61 Å². The van der Waals surface area contributed by atoms with Gasteiger partial charge >= 0.3 is 6.61 Å². The number of nitrogens with one attached hydrogen (secondary N) is 1. The summed E-state index contributed by atoms with van der Waals surface area (Å²) in [6.07, 6.45) is 0.949. The lowest BCUT2D eigenvalue weighted by Crippen LogP contribution is -2.23. The number of ether oxygens (including phenoxy) is 1. The van der Waals surface area contributed by atoms with Crippen molar-refractivity contribution in [2.75, 3.05) is 6.54 Å². The van der Waals surface area contributed by atoms with Gasteiger partial charge in [-0.2, -0.15) is 8.78 Å². The molecule has 0 fully saturated rings. The Kier molecular flexibility index (Phi) is 2.63. The van der Waals surface area contributed by atoms with Gasteiger partial charge in [-0.3, -0.25) is 0 Å². The topological polar surface area (TPSA) is 21.3 Å². The molecule has 76 valence electrons. The highest BCUT2D eigenvalue weighted by Crippen LogP contribution is 2.21. The second-order valence-corrected chi connectivity index (χ2v) is 3.24. The van der Waals surface area contributed by atoms with Gasteiger partial charge in [-0.1, -0.05) is 6.07 Å². The molecule has 1 aliphatic rings. The number of benzene rings is 1. The second-order valence-electron chi connectivity index (χ2n) is 3.24. The van der Waals surface area contributed by atoms with Crippen molar-refractivity contribution in [3.8, 4) is 5.75 Å². The molecule has 0 bridgehead atoms. The maximum Gasteiger partial charge on any atom is 0.387 e. The van der Waals surface area contributed by atoms with Crippen molar-refractivity contribution in [1.82, 2.24) is 5.32 Å². The Bertz CT molecular complexity index is 328. The van der Waals surface area contributed by atoms with E-state index in [1.54, 1.807) is 12.1 Å². The minimum Gasteiger partial charge on any atom is -0.435 e. The first-order chi connectivity index (χ1) is 6.75. The minimum atomic E-state index is -2.75. The van der Waals surface area contributed by atoms with Crippen LogP contribution in [0.1, 0.15) is 11.1 Å². The fourth-order valence-corrected chi connectivity index (χ4v) is 1.63. The van der Waals surface area contributed by atoms with E-state index in [1.807, 2.05) is 6.07 Å². The number of hydrogen-bond acceptors (Lipinski definition) is 2. The summed E-state index contributed by atoms with van der Waals surface area (Å²) in [6.45, 7) is -1.07. The number of fused-ring (bicyclic) bond motifs is 1. The first-order valence-electron chi connectivity index (χ1n) is 4.53. The van der Waals surface area contributed by atoms with Crippen LogP contribution in [-0.4, -0.2) is 13.2 Å². The summed E-state index contributed by atoms with van der Waals surface area (Å²) in [5.74, 6) is 0.238. The molecule has 1 aromatic rings. The average molecular weight is 199 g/mol. The van der Waals surface area contributed by atoms with Crippen LogP contribution in [0.25, 0.3) is 0 Å². The minimum absolute atomic E-state index is 0.238. The summed E-state index contributed by atoms with van der Waals surface area (Å²) in [7, 11) is 0. The van der Waals surface area contributed by atoms with Crippen molar-refractivity contribution in [3.05, 3.63) is 29.3 Å². The second kappa shape index (κ2) is 3.92. The molecule has 1 aromatic carbocycles. The van der Waals surface area contributed by atoms with E-state index in [0.717, 1.165) is 25.1 Å². The summed E-state index contributed by atoms with van der Waals surface area (Å²) in [6, 6.07) is 5.12.